The number of hydrogen-bond acceptors (Lipinski definition) is 4. The molecule has 0 fully saturated rings. The van der Waals surface area contributed by atoms with Crippen molar-refractivity contribution in [2.45, 2.75) is 31.8 Å². The van der Waals surface area contributed by atoms with Crippen LogP contribution in [0, 0.1) is 0 Å². The maximum absolute atomic E-state index is 12.1. The van der Waals surface area contributed by atoms with E-state index in [9.17, 15) is 9.59 Å². The Balaban J connectivity index is 2.06. The second-order valence-corrected chi connectivity index (χ2v) is 4.65. The fraction of sp³-hybridized carbons (Fsp3) is 0.429. The lowest BCUT2D eigenvalue weighted by Crippen LogP contribution is -2.47. The van der Waals surface area contributed by atoms with Gasteiger partial charge in [0.05, 0.1) is 13.2 Å². The summed E-state index contributed by atoms with van der Waals surface area (Å²) in [5.74, 6) is -0.477. The van der Waals surface area contributed by atoms with E-state index in [2.05, 4.69) is 15.4 Å². The van der Waals surface area contributed by atoms with Gasteiger partial charge in [0.15, 0.2) is 0 Å². The zero-order chi connectivity index (χ0) is 13.8. The number of rotatable bonds is 3. The quantitative estimate of drug-likeness (QED) is 0.800. The Bertz CT molecular complexity index is 487. The summed E-state index contributed by atoms with van der Waals surface area (Å²) < 4.78 is 4.65. The van der Waals surface area contributed by atoms with Gasteiger partial charge in [-0.05, 0) is 31.4 Å². The first kappa shape index (κ1) is 13.5. The van der Waals surface area contributed by atoms with E-state index in [1.807, 2.05) is 24.3 Å². The molecule has 1 heterocycles. The number of anilines is 1. The number of carbonyl (C=O) groups excluding carboxylic acids is 2. The molecule has 2 N–H and O–H groups in total. The van der Waals surface area contributed by atoms with Gasteiger partial charge in [0, 0.05) is 5.69 Å². The topological polar surface area (TPSA) is 67.4 Å². The molecule has 0 bridgehead atoms. The standard InChI is InChI=1S/C14H18N2O3/c1-9(14(18)19-2)15-12-8-7-10-5-3-4-6-11(10)16-13(12)17/h3-6,9,12,15H,7-8H2,1-2H3,(H,16,17). The predicted molar refractivity (Wildman–Crippen MR) is 71.8 cm³/mol. The van der Waals surface area contributed by atoms with Gasteiger partial charge in [-0.3, -0.25) is 14.9 Å². The highest BCUT2D eigenvalue weighted by atomic mass is 16.5. The highest BCUT2D eigenvalue weighted by molar-refractivity contribution is 5.96. The molecule has 0 spiro atoms. The molecule has 1 aromatic carbocycles. The zero-order valence-electron chi connectivity index (χ0n) is 11.1. The average molecular weight is 262 g/mol. The van der Waals surface area contributed by atoms with E-state index in [4.69, 9.17) is 0 Å². The van der Waals surface area contributed by atoms with E-state index in [-0.39, 0.29) is 17.9 Å². The molecule has 2 atom stereocenters. The number of ether oxygens (including phenoxy) is 1. The van der Waals surface area contributed by atoms with Crippen LogP contribution in [0.1, 0.15) is 18.9 Å². The van der Waals surface area contributed by atoms with Gasteiger partial charge in [0.2, 0.25) is 5.91 Å². The second-order valence-electron chi connectivity index (χ2n) is 4.65. The molecule has 0 radical (unpaired) electrons. The number of esters is 1. The molecular weight excluding hydrogens is 244 g/mol. The number of methoxy groups -OCH3 is 1. The highest BCUT2D eigenvalue weighted by Gasteiger charge is 2.26. The number of para-hydroxylation sites is 1. The molecular formula is C14H18N2O3. The Labute approximate surface area is 112 Å². The summed E-state index contributed by atoms with van der Waals surface area (Å²) in [6.45, 7) is 1.69. The lowest BCUT2D eigenvalue weighted by Gasteiger charge is -2.19. The molecule has 19 heavy (non-hydrogen) atoms. The van der Waals surface area contributed by atoms with Crippen molar-refractivity contribution in [3.63, 3.8) is 0 Å². The van der Waals surface area contributed by atoms with Crippen LogP contribution in [0.15, 0.2) is 24.3 Å². The van der Waals surface area contributed by atoms with Gasteiger partial charge in [-0.1, -0.05) is 18.2 Å². The molecule has 5 nitrogen and oxygen atoms in total. The van der Waals surface area contributed by atoms with E-state index < -0.39 is 6.04 Å². The lowest BCUT2D eigenvalue weighted by molar-refractivity contribution is -0.143. The lowest BCUT2D eigenvalue weighted by atomic mass is 10.1. The third-order valence-electron chi connectivity index (χ3n) is 3.30. The monoisotopic (exact) mass is 262 g/mol. The average Bonchev–Trinajstić information content (AvgIpc) is 2.57. The summed E-state index contributed by atoms with van der Waals surface area (Å²) in [6.07, 6.45) is 1.45. The SMILES string of the molecule is COC(=O)C(C)NC1CCc2ccccc2NC1=O. The molecule has 0 aromatic heterocycles. The van der Waals surface area contributed by atoms with Gasteiger partial charge in [-0.15, -0.1) is 0 Å². The van der Waals surface area contributed by atoms with Crippen LogP contribution in [0.5, 0.6) is 0 Å². The second kappa shape index (κ2) is 5.84. The molecule has 2 unspecified atom stereocenters. The Morgan fingerprint density at radius 3 is 2.95 bits per heavy atom. The number of nitrogens with one attached hydrogen (secondary N) is 2. The minimum atomic E-state index is -0.498. The molecule has 102 valence electrons. The first-order chi connectivity index (χ1) is 9.11. The summed E-state index contributed by atoms with van der Waals surface area (Å²) in [6, 6.07) is 6.85. The summed E-state index contributed by atoms with van der Waals surface area (Å²) in [4.78, 5) is 23.5. The largest absolute Gasteiger partial charge is 0.468 e. The van der Waals surface area contributed by atoms with Crippen LogP contribution in [0.25, 0.3) is 0 Å². The normalized spacial score (nSPS) is 19.9. The minimum Gasteiger partial charge on any atom is -0.468 e. The van der Waals surface area contributed by atoms with Crippen molar-refractivity contribution in [2.75, 3.05) is 12.4 Å². The van der Waals surface area contributed by atoms with Gasteiger partial charge < -0.3 is 10.1 Å². The maximum atomic E-state index is 12.1. The minimum absolute atomic E-state index is 0.110. The molecule has 1 aliphatic heterocycles. The predicted octanol–water partition coefficient (Wildman–Crippen LogP) is 1.09. The van der Waals surface area contributed by atoms with E-state index in [0.717, 1.165) is 17.7 Å². The van der Waals surface area contributed by atoms with Gasteiger partial charge in [0.25, 0.3) is 0 Å². The smallest absolute Gasteiger partial charge is 0.322 e. The number of carbonyl (C=O) groups is 2. The van der Waals surface area contributed by atoms with E-state index >= 15 is 0 Å². The van der Waals surface area contributed by atoms with E-state index in [1.165, 1.54) is 7.11 Å². The van der Waals surface area contributed by atoms with Gasteiger partial charge >= 0.3 is 5.97 Å². The molecule has 1 amide bonds. The van der Waals surface area contributed by atoms with Crippen LogP contribution in [-0.2, 0) is 20.7 Å². The Hall–Kier alpha value is -1.88. The van der Waals surface area contributed by atoms with Crippen LogP contribution in [0.2, 0.25) is 0 Å². The molecule has 0 aliphatic carbocycles. The molecule has 2 rings (SSSR count). The summed E-state index contributed by atoms with van der Waals surface area (Å²) >= 11 is 0. The highest BCUT2D eigenvalue weighted by Crippen LogP contribution is 2.21. The molecule has 0 saturated carbocycles. The van der Waals surface area contributed by atoms with Crippen molar-refractivity contribution in [3.8, 4) is 0 Å². The van der Waals surface area contributed by atoms with Crippen LogP contribution in [0.3, 0.4) is 0 Å². The van der Waals surface area contributed by atoms with Crippen molar-refractivity contribution >= 4 is 17.6 Å². The number of fused-ring (bicyclic) bond motifs is 1. The van der Waals surface area contributed by atoms with E-state index in [0.29, 0.717) is 6.42 Å². The summed E-state index contributed by atoms with van der Waals surface area (Å²) in [5, 5.41) is 5.89. The fourth-order valence-electron chi connectivity index (χ4n) is 2.22. The number of aryl methyl sites for hydroxylation is 1. The van der Waals surface area contributed by atoms with Crippen molar-refractivity contribution < 1.29 is 14.3 Å². The first-order valence-electron chi connectivity index (χ1n) is 6.34. The molecule has 0 saturated heterocycles. The van der Waals surface area contributed by atoms with Crippen molar-refractivity contribution in [3.05, 3.63) is 29.8 Å². The van der Waals surface area contributed by atoms with Crippen molar-refractivity contribution in [1.82, 2.24) is 5.32 Å². The summed E-state index contributed by atoms with van der Waals surface area (Å²) in [5.41, 5.74) is 1.97. The van der Waals surface area contributed by atoms with Crippen molar-refractivity contribution in [1.29, 1.82) is 0 Å². The van der Waals surface area contributed by atoms with Crippen LogP contribution < -0.4 is 10.6 Å². The third kappa shape index (κ3) is 3.12. The Morgan fingerprint density at radius 1 is 1.47 bits per heavy atom. The number of benzene rings is 1. The van der Waals surface area contributed by atoms with Crippen LogP contribution >= 0.6 is 0 Å². The summed E-state index contributed by atoms with van der Waals surface area (Å²) in [7, 11) is 1.34. The van der Waals surface area contributed by atoms with Gasteiger partial charge in [0.1, 0.15) is 6.04 Å². The molecule has 1 aliphatic rings. The Kier molecular flexibility index (Phi) is 4.16. The van der Waals surface area contributed by atoms with Gasteiger partial charge in [-0.25, -0.2) is 0 Å². The van der Waals surface area contributed by atoms with Crippen LogP contribution in [-0.4, -0.2) is 31.1 Å². The molecule has 1 aromatic rings. The van der Waals surface area contributed by atoms with Crippen molar-refractivity contribution in [2.24, 2.45) is 0 Å². The first-order valence-corrected chi connectivity index (χ1v) is 6.34. The number of hydrogen-bond donors (Lipinski definition) is 2. The molecule has 5 heteroatoms. The van der Waals surface area contributed by atoms with Gasteiger partial charge in [-0.2, -0.15) is 0 Å². The fourth-order valence-corrected chi connectivity index (χ4v) is 2.22. The third-order valence-corrected chi connectivity index (χ3v) is 3.30. The zero-order valence-corrected chi connectivity index (χ0v) is 11.1. The Morgan fingerprint density at radius 2 is 2.21 bits per heavy atom. The van der Waals surface area contributed by atoms with E-state index in [1.54, 1.807) is 6.92 Å². The number of amides is 1. The van der Waals surface area contributed by atoms with Crippen LogP contribution in [0.4, 0.5) is 5.69 Å². The maximum Gasteiger partial charge on any atom is 0.322 e.